The van der Waals surface area contributed by atoms with Crippen LogP contribution in [0.2, 0.25) is 0 Å². The van der Waals surface area contributed by atoms with E-state index in [-0.39, 0.29) is 5.69 Å². The normalized spacial score (nSPS) is 16.2. The van der Waals surface area contributed by atoms with Gasteiger partial charge in [0.05, 0.1) is 0 Å². The first-order valence-corrected chi connectivity index (χ1v) is 7.80. The maximum absolute atomic E-state index is 12.6. The predicted octanol–water partition coefficient (Wildman–Crippen LogP) is 1.13. The number of aromatic amines is 2. The van der Waals surface area contributed by atoms with E-state index in [4.69, 9.17) is 0 Å². The Morgan fingerprint density at radius 2 is 2.00 bits per heavy atom. The van der Waals surface area contributed by atoms with Crippen molar-refractivity contribution in [2.75, 3.05) is 0 Å². The Morgan fingerprint density at radius 3 is 2.73 bits per heavy atom. The molecule has 3 aromatic rings. The van der Waals surface area contributed by atoms with Gasteiger partial charge in [0.15, 0.2) is 11.3 Å². The summed E-state index contributed by atoms with van der Waals surface area (Å²) < 4.78 is 2.64. The van der Waals surface area contributed by atoms with Crippen LogP contribution in [0.5, 0.6) is 0 Å². The van der Waals surface area contributed by atoms with Crippen LogP contribution in [0.25, 0.3) is 16.8 Å². The van der Waals surface area contributed by atoms with Gasteiger partial charge in [0.25, 0.3) is 0 Å². The molecule has 8 heteroatoms. The molecule has 0 unspecified atom stereocenters. The molecule has 0 aromatic carbocycles. The molecule has 1 saturated carbocycles. The number of nitrogens with one attached hydrogen (secondary N) is 2. The van der Waals surface area contributed by atoms with Crippen molar-refractivity contribution in [1.82, 2.24) is 29.1 Å². The van der Waals surface area contributed by atoms with Gasteiger partial charge in [0, 0.05) is 12.5 Å². The SMILES string of the molecule is CCCn1c(=O)n2c(=O)[nH]nc2c2[nH]c(C3CCCC3)nc21. The van der Waals surface area contributed by atoms with Crippen molar-refractivity contribution in [3.63, 3.8) is 0 Å². The molecule has 1 aliphatic rings. The van der Waals surface area contributed by atoms with Crippen LogP contribution in [0.3, 0.4) is 0 Å². The second-order valence-corrected chi connectivity index (χ2v) is 5.92. The lowest BCUT2D eigenvalue weighted by molar-refractivity contribution is 0.639. The van der Waals surface area contributed by atoms with Gasteiger partial charge >= 0.3 is 11.4 Å². The van der Waals surface area contributed by atoms with Crippen LogP contribution in [-0.2, 0) is 6.54 Å². The molecular formula is C14H18N6O2. The highest BCUT2D eigenvalue weighted by Gasteiger charge is 2.23. The molecule has 8 nitrogen and oxygen atoms in total. The van der Waals surface area contributed by atoms with Gasteiger partial charge < -0.3 is 4.98 Å². The van der Waals surface area contributed by atoms with Crippen LogP contribution in [0.15, 0.2) is 9.59 Å². The van der Waals surface area contributed by atoms with Gasteiger partial charge in [-0.2, -0.15) is 9.50 Å². The van der Waals surface area contributed by atoms with Crippen molar-refractivity contribution in [1.29, 1.82) is 0 Å². The molecule has 2 N–H and O–H groups in total. The molecule has 116 valence electrons. The molecule has 3 heterocycles. The summed E-state index contributed by atoms with van der Waals surface area (Å²) in [6, 6.07) is 0. The summed E-state index contributed by atoms with van der Waals surface area (Å²) in [6.07, 6.45) is 5.43. The van der Waals surface area contributed by atoms with E-state index in [1.54, 1.807) is 4.57 Å². The third-order valence-corrected chi connectivity index (χ3v) is 4.47. The van der Waals surface area contributed by atoms with E-state index in [0.29, 0.717) is 29.3 Å². The molecule has 0 radical (unpaired) electrons. The smallest absolute Gasteiger partial charge is 0.337 e. The molecule has 0 atom stereocenters. The highest BCUT2D eigenvalue weighted by Crippen LogP contribution is 2.33. The van der Waals surface area contributed by atoms with Crippen molar-refractivity contribution in [2.45, 2.75) is 51.5 Å². The summed E-state index contributed by atoms with van der Waals surface area (Å²) in [4.78, 5) is 32.4. The number of aryl methyl sites for hydroxylation is 1. The predicted molar refractivity (Wildman–Crippen MR) is 81.2 cm³/mol. The summed E-state index contributed by atoms with van der Waals surface area (Å²) in [7, 11) is 0. The first-order valence-electron chi connectivity index (χ1n) is 7.80. The molecule has 4 rings (SSSR count). The Hall–Kier alpha value is -2.38. The third-order valence-electron chi connectivity index (χ3n) is 4.47. The first-order chi connectivity index (χ1) is 10.7. The first kappa shape index (κ1) is 13.3. The summed E-state index contributed by atoms with van der Waals surface area (Å²) in [5, 5.41) is 6.34. The van der Waals surface area contributed by atoms with Crippen LogP contribution >= 0.6 is 0 Å². The lowest BCUT2D eigenvalue weighted by atomic mass is 10.1. The van der Waals surface area contributed by atoms with Crippen LogP contribution in [0.1, 0.15) is 50.8 Å². The Balaban J connectivity index is 2.07. The molecule has 0 amide bonds. The Bertz CT molecular complexity index is 953. The standard InChI is InChI=1S/C14H18N6O2/c1-2-7-19-11-9(12-17-18-13(21)20(12)14(19)22)15-10(16-11)8-5-3-4-6-8/h8H,2-7H2,1H3,(H,15,16)(H,18,21). The molecule has 1 aliphatic carbocycles. The molecule has 1 fully saturated rings. The van der Waals surface area contributed by atoms with Crippen molar-refractivity contribution < 1.29 is 0 Å². The van der Waals surface area contributed by atoms with Gasteiger partial charge in [0.2, 0.25) is 0 Å². The van der Waals surface area contributed by atoms with E-state index in [1.807, 2.05) is 6.92 Å². The van der Waals surface area contributed by atoms with Gasteiger partial charge in [-0.1, -0.05) is 19.8 Å². The molecule has 0 spiro atoms. The van der Waals surface area contributed by atoms with Gasteiger partial charge in [-0.15, -0.1) is 0 Å². The number of imidazole rings is 1. The summed E-state index contributed by atoms with van der Waals surface area (Å²) in [6.45, 7) is 2.52. The summed E-state index contributed by atoms with van der Waals surface area (Å²) >= 11 is 0. The highest BCUT2D eigenvalue weighted by molar-refractivity contribution is 5.85. The van der Waals surface area contributed by atoms with Crippen molar-refractivity contribution in [3.05, 3.63) is 26.8 Å². The molecule has 22 heavy (non-hydrogen) atoms. The van der Waals surface area contributed by atoms with Crippen LogP contribution in [0, 0.1) is 0 Å². The maximum atomic E-state index is 12.6. The van der Waals surface area contributed by atoms with Crippen LogP contribution in [-0.4, -0.2) is 29.1 Å². The fraction of sp³-hybridized carbons (Fsp3) is 0.571. The van der Waals surface area contributed by atoms with E-state index < -0.39 is 5.69 Å². The fourth-order valence-corrected chi connectivity index (χ4v) is 3.40. The van der Waals surface area contributed by atoms with Crippen molar-refractivity contribution in [3.8, 4) is 0 Å². The topological polar surface area (TPSA) is 101 Å². The molecular weight excluding hydrogens is 284 g/mol. The Morgan fingerprint density at radius 1 is 1.23 bits per heavy atom. The van der Waals surface area contributed by atoms with E-state index >= 15 is 0 Å². The van der Waals surface area contributed by atoms with E-state index in [2.05, 4.69) is 20.2 Å². The molecule has 0 aliphatic heterocycles. The minimum atomic E-state index is -0.510. The monoisotopic (exact) mass is 302 g/mol. The summed E-state index contributed by atoms with van der Waals surface area (Å²) in [5.74, 6) is 1.31. The number of fused-ring (bicyclic) bond motifs is 3. The molecule has 0 saturated heterocycles. The Labute approximate surface area is 125 Å². The van der Waals surface area contributed by atoms with Crippen molar-refractivity contribution >= 4 is 16.8 Å². The number of aromatic nitrogens is 6. The number of rotatable bonds is 3. The summed E-state index contributed by atoms with van der Waals surface area (Å²) in [5.41, 5.74) is 0.694. The largest absolute Gasteiger partial charge is 0.352 e. The average molecular weight is 302 g/mol. The van der Waals surface area contributed by atoms with Crippen LogP contribution < -0.4 is 11.4 Å². The quantitative estimate of drug-likeness (QED) is 0.757. The number of H-pyrrole nitrogens is 2. The zero-order valence-corrected chi connectivity index (χ0v) is 12.4. The minimum Gasteiger partial charge on any atom is -0.337 e. The second kappa shape index (κ2) is 4.82. The Kier molecular flexibility index (Phi) is 2.91. The van der Waals surface area contributed by atoms with Gasteiger partial charge in [-0.3, -0.25) is 4.57 Å². The minimum absolute atomic E-state index is 0.328. The highest BCUT2D eigenvalue weighted by atomic mass is 16.2. The van der Waals surface area contributed by atoms with E-state index in [0.717, 1.165) is 29.5 Å². The lowest BCUT2D eigenvalue weighted by Gasteiger charge is -2.05. The van der Waals surface area contributed by atoms with Crippen LogP contribution in [0.4, 0.5) is 0 Å². The van der Waals surface area contributed by atoms with Gasteiger partial charge in [-0.25, -0.2) is 19.7 Å². The molecule has 3 aromatic heterocycles. The maximum Gasteiger partial charge on any atom is 0.352 e. The second-order valence-electron chi connectivity index (χ2n) is 5.92. The van der Waals surface area contributed by atoms with Gasteiger partial charge in [-0.05, 0) is 19.3 Å². The van der Waals surface area contributed by atoms with Crippen molar-refractivity contribution in [2.24, 2.45) is 0 Å². The van der Waals surface area contributed by atoms with E-state index in [1.165, 1.54) is 12.8 Å². The third kappa shape index (κ3) is 1.76. The lowest BCUT2D eigenvalue weighted by Crippen LogP contribution is -2.32. The van der Waals surface area contributed by atoms with Gasteiger partial charge in [0.1, 0.15) is 11.3 Å². The number of hydrogen-bond acceptors (Lipinski definition) is 4. The average Bonchev–Trinajstić information content (AvgIpc) is 3.21. The number of nitrogens with zero attached hydrogens (tertiary/aromatic N) is 4. The number of hydrogen-bond donors (Lipinski definition) is 2. The van der Waals surface area contributed by atoms with E-state index in [9.17, 15) is 9.59 Å². The molecule has 0 bridgehead atoms. The fourth-order valence-electron chi connectivity index (χ4n) is 3.40. The zero-order chi connectivity index (χ0) is 15.3. The zero-order valence-electron chi connectivity index (χ0n) is 12.4.